The number of anilines is 1. The zero-order valence-electron chi connectivity index (χ0n) is 25.8. The summed E-state index contributed by atoms with van der Waals surface area (Å²) in [6.07, 6.45) is 6.04. The molecule has 2 amide bonds. The smallest absolute Gasteiger partial charge is 0.385 e. The SMILES string of the molecule is CCCCc1nc2ccc(NCCCCCC(=O)NC)cc2n1Cc1ccc(-c2ccccc2C(=O)NS(=O)(=O)C(F)(F)F)cc1. The van der Waals surface area contributed by atoms with Crippen LogP contribution in [-0.2, 0) is 27.8 Å². The number of hydrogen-bond acceptors (Lipinski definition) is 6. The Kier molecular flexibility index (Phi) is 11.4. The molecule has 9 nitrogen and oxygen atoms in total. The van der Waals surface area contributed by atoms with E-state index in [0.717, 1.165) is 77.9 Å². The lowest BCUT2D eigenvalue weighted by molar-refractivity contribution is -0.120. The van der Waals surface area contributed by atoms with Crippen LogP contribution in [0.1, 0.15) is 67.2 Å². The number of imidazole rings is 1. The molecule has 0 spiro atoms. The number of nitrogens with one attached hydrogen (secondary N) is 3. The molecule has 0 saturated heterocycles. The monoisotopic (exact) mass is 657 g/mol. The number of carbonyl (C=O) groups is 2. The number of amides is 2. The largest absolute Gasteiger partial charge is 0.516 e. The van der Waals surface area contributed by atoms with E-state index in [0.29, 0.717) is 24.1 Å². The topological polar surface area (TPSA) is 122 Å². The number of nitrogens with zero attached hydrogens (tertiary/aromatic N) is 2. The van der Waals surface area contributed by atoms with E-state index in [1.807, 2.05) is 24.3 Å². The minimum atomic E-state index is -5.85. The number of halogens is 3. The van der Waals surface area contributed by atoms with E-state index >= 15 is 0 Å². The molecule has 0 bridgehead atoms. The molecule has 0 atom stereocenters. The Morgan fingerprint density at radius 1 is 0.935 bits per heavy atom. The first-order valence-corrected chi connectivity index (χ1v) is 16.7. The average molecular weight is 658 g/mol. The van der Waals surface area contributed by atoms with Crippen molar-refractivity contribution in [1.82, 2.24) is 19.6 Å². The number of aromatic nitrogens is 2. The summed E-state index contributed by atoms with van der Waals surface area (Å²) in [5.41, 5.74) is -1.19. The molecule has 0 aliphatic carbocycles. The molecule has 0 unspecified atom stereocenters. The van der Waals surface area contributed by atoms with Crippen LogP contribution in [0.5, 0.6) is 0 Å². The van der Waals surface area contributed by atoms with Crippen molar-refractivity contribution >= 4 is 38.6 Å². The van der Waals surface area contributed by atoms with Gasteiger partial charge >= 0.3 is 15.5 Å². The highest BCUT2D eigenvalue weighted by atomic mass is 32.2. The van der Waals surface area contributed by atoms with Crippen molar-refractivity contribution in [3.05, 3.63) is 83.7 Å². The quantitative estimate of drug-likeness (QED) is 0.127. The van der Waals surface area contributed by atoms with Crippen LogP contribution in [0.3, 0.4) is 0 Å². The van der Waals surface area contributed by atoms with E-state index in [1.165, 1.54) is 12.1 Å². The Hall–Kier alpha value is -4.39. The number of benzene rings is 3. The molecule has 1 heterocycles. The first-order valence-electron chi connectivity index (χ1n) is 15.2. The van der Waals surface area contributed by atoms with Gasteiger partial charge in [0.1, 0.15) is 5.82 Å². The Morgan fingerprint density at radius 2 is 1.67 bits per heavy atom. The second-order valence-electron chi connectivity index (χ2n) is 11.0. The van der Waals surface area contributed by atoms with Gasteiger partial charge in [-0.1, -0.05) is 62.2 Å². The fraction of sp³-hybridized carbons (Fsp3) is 0.364. The van der Waals surface area contributed by atoms with Gasteiger partial charge in [0.15, 0.2) is 0 Å². The molecule has 0 aliphatic rings. The van der Waals surface area contributed by atoms with Gasteiger partial charge in [-0.05, 0) is 60.2 Å². The summed E-state index contributed by atoms with van der Waals surface area (Å²) in [4.78, 5) is 28.9. The van der Waals surface area contributed by atoms with Gasteiger partial charge in [-0.3, -0.25) is 9.59 Å². The lowest BCUT2D eigenvalue weighted by Gasteiger charge is -2.14. The van der Waals surface area contributed by atoms with Crippen LogP contribution in [-0.4, -0.2) is 48.9 Å². The van der Waals surface area contributed by atoms with Crippen LogP contribution >= 0.6 is 0 Å². The molecule has 1 aromatic heterocycles. The molecule has 0 saturated carbocycles. The van der Waals surface area contributed by atoms with Gasteiger partial charge in [-0.2, -0.15) is 21.6 Å². The third kappa shape index (κ3) is 8.65. The van der Waals surface area contributed by atoms with Crippen LogP contribution in [0.15, 0.2) is 66.7 Å². The molecule has 246 valence electrons. The summed E-state index contributed by atoms with van der Waals surface area (Å²) in [6.45, 7) is 3.42. The Bertz CT molecular complexity index is 1770. The highest BCUT2D eigenvalue weighted by Gasteiger charge is 2.47. The predicted molar refractivity (Wildman–Crippen MR) is 173 cm³/mol. The summed E-state index contributed by atoms with van der Waals surface area (Å²) in [7, 11) is -4.21. The third-order valence-electron chi connectivity index (χ3n) is 7.58. The molecular formula is C33H38F3N5O4S. The number of rotatable bonds is 15. The van der Waals surface area contributed by atoms with Crippen molar-refractivity contribution in [2.75, 3.05) is 18.9 Å². The van der Waals surface area contributed by atoms with Gasteiger partial charge < -0.3 is 15.2 Å². The van der Waals surface area contributed by atoms with Crippen molar-refractivity contribution in [1.29, 1.82) is 0 Å². The van der Waals surface area contributed by atoms with E-state index in [-0.39, 0.29) is 11.5 Å². The van der Waals surface area contributed by atoms with Gasteiger partial charge in [0, 0.05) is 44.2 Å². The number of carbonyl (C=O) groups excluding carboxylic acids is 2. The molecule has 3 aromatic carbocycles. The summed E-state index contributed by atoms with van der Waals surface area (Å²) in [5.74, 6) is -0.356. The van der Waals surface area contributed by atoms with Crippen molar-refractivity contribution in [2.24, 2.45) is 0 Å². The van der Waals surface area contributed by atoms with Crippen LogP contribution in [0.25, 0.3) is 22.2 Å². The molecule has 0 radical (unpaired) electrons. The summed E-state index contributed by atoms with van der Waals surface area (Å²) >= 11 is 0. The fourth-order valence-electron chi connectivity index (χ4n) is 5.07. The molecule has 46 heavy (non-hydrogen) atoms. The number of sulfonamides is 1. The standard InChI is InChI=1S/C33H38F3N5O4S/c1-3-4-12-30-39-28-19-18-25(38-20-9-5-6-13-31(42)37-2)21-29(28)41(30)22-23-14-16-24(17-15-23)26-10-7-8-11-27(26)32(43)40-46(44,45)33(34,35)36/h7-8,10-11,14-19,21,38H,3-6,9,12-13,20,22H2,1-2H3,(H,37,42)(H,40,43). The van der Waals surface area contributed by atoms with Crippen molar-refractivity contribution in [3.8, 4) is 11.1 Å². The Labute approximate surface area is 266 Å². The maximum absolute atomic E-state index is 12.9. The minimum Gasteiger partial charge on any atom is -0.385 e. The fourth-order valence-corrected chi connectivity index (χ4v) is 5.54. The Balaban J connectivity index is 1.53. The van der Waals surface area contributed by atoms with Crippen molar-refractivity contribution in [2.45, 2.75) is 63.9 Å². The maximum atomic E-state index is 12.9. The molecule has 0 aliphatic heterocycles. The molecular weight excluding hydrogens is 619 g/mol. The second kappa shape index (κ2) is 15.3. The summed E-state index contributed by atoms with van der Waals surface area (Å²) in [6, 6.07) is 19.2. The molecule has 0 fully saturated rings. The summed E-state index contributed by atoms with van der Waals surface area (Å²) in [5, 5.41) is 6.11. The van der Waals surface area contributed by atoms with Gasteiger partial charge in [0.05, 0.1) is 11.0 Å². The normalized spacial score (nSPS) is 11.8. The minimum absolute atomic E-state index is 0.0508. The highest BCUT2D eigenvalue weighted by Crippen LogP contribution is 2.28. The van der Waals surface area contributed by atoms with Gasteiger partial charge in [0.25, 0.3) is 5.91 Å². The van der Waals surface area contributed by atoms with Crippen LogP contribution in [0.4, 0.5) is 18.9 Å². The molecule has 4 aromatic rings. The van der Waals surface area contributed by atoms with E-state index in [1.54, 1.807) is 31.3 Å². The molecule has 3 N–H and O–H groups in total. The third-order valence-corrected chi connectivity index (χ3v) is 8.64. The number of aryl methyl sites for hydroxylation is 1. The van der Waals surface area contributed by atoms with E-state index in [9.17, 15) is 31.2 Å². The zero-order chi connectivity index (χ0) is 33.3. The first kappa shape index (κ1) is 34.5. The van der Waals surface area contributed by atoms with Gasteiger partial charge in [-0.15, -0.1) is 0 Å². The van der Waals surface area contributed by atoms with E-state index in [2.05, 4.69) is 28.2 Å². The highest BCUT2D eigenvalue weighted by molar-refractivity contribution is 7.90. The van der Waals surface area contributed by atoms with Gasteiger partial charge in [0.2, 0.25) is 5.91 Å². The second-order valence-corrected chi connectivity index (χ2v) is 12.6. The average Bonchev–Trinajstić information content (AvgIpc) is 3.37. The number of fused-ring (bicyclic) bond motifs is 1. The lowest BCUT2D eigenvalue weighted by Crippen LogP contribution is -2.40. The van der Waals surface area contributed by atoms with Crippen LogP contribution < -0.4 is 15.4 Å². The van der Waals surface area contributed by atoms with E-state index in [4.69, 9.17) is 4.98 Å². The maximum Gasteiger partial charge on any atom is 0.516 e. The molecule has 4 rings (SSSR count). The van der Waals surface area contributed by atoms with Crippen molar-refractivity contribution in [3.63, 3.8) is 0 Å². The van der Waals surface area contributed by atoms with Crippen LogP contribution in [0, 0.1) is 0 Å². The van der Waals surface area contributed by atoms with E-state index < -0.39 is 21.4 Å². The number of unbranched alkanes of at least 4 members (excludes halogenated alkanes) is 3. The lowest BCUT2D eigenvalue weighted by atomic mass is 9.98. The zero-order valence-corrected chi connectivity index (χ0v) is 26.6. The predicted octanol–water partition coefficient (Wildman–Crippen LogP) is 6.39. The molecule has 13 heteroatoms. The first-order chi connectivity index (χ1) is 21.9. The number of alkyl halides is 3. The Morgan fingerprint density at radius 3 is 2.37 bits per heavy atom. The number of hydrogen-bond donors (Lipinski definition) is 3. The summed E-state index contributed by atoms with van der Waals surface area (Å²) < 4.78 is 64.9. The van der Waals surface area contributed by atoms with Crippen molar-refractivity contribution < 1.29 is 31.2 Å². The van der Waals surface area contributed by atoms with Gasteiger partial charge in [-0.25, -0.2) is 9.71 Å². The van der Waals surface area contributed by atoms with Crippen LogP contribution in [0.2, 0.25) is 0 Å².